The van der Waals surface area contributed by atoms with Gasteiger partial charge in [-0.2, -0.15) is 0 Å². The second-order valence-electron chi connectivity index (χ2n) is 9.02. The van der Waals surface area contributed by atoms with E-state index >= 15 is 0 Å². The van der Waals surface area contributed by atoms with Crippen molar-refractivity contribution in [3.05, 3.63) is 23.3 Å². The molecular weight excluding hydrogens is 346 g/mol. The van der Waals surface area contributed by atoms with Crippen LogP contribution in [0.5, 0.6) is 11.5 Å². The number of rotatable bonds is 3. The fourth-order valence-corrected chi connectivity index (χ4v) is 6.96. The lowest BCUT2D eigenvalue weighted by atomic mass is 9.43. The van der Waals surface area contributed by atoms with Crippen molar-refractivity contribution >= 4 is 0 Å². The maximum absolute atomic E-state index is 11.4. The molecule has 1 unspecified atom stereocenters. The van der Waals surface area contributed by atoms with Gasteiger partial charge in [0.05, 0.1) is 20.3 Å². The summed E-state index contributed by atoms with van der Waals surface area (Å²) < 4.78 is 12.0. The summed E-state index contributed by atoms with van der Waals surface area (Å²) >= 11 is 0. The summed E-state index contributed by atoms with van der Waals surface area (Å²) in [6, 6.07) is 4.40. The van der Waals surface area contributed by atoms with Crippen molar-refractivity contribution < 1.29 is 24.8 Å². The molecule has 1 aromatic carbocycles. The van der Waals surface area contributed by atoms with Gasteiger partial charge in [-0.3, -0.25) is 0 Å². The van der Waals surface area contributed by atoms with Gasteiger partial charge < -0.3 is 29.7 Å². The molecule has 2 bridgehead atoms. The number of benzene rings is 1. The molecule has 1 aromatic rings. The summed E-state index contributed by atoms with van der Waals surface area (Å²) in [6.45, 7) is 2.53. The van der Waals surface area contributed by atoms with Gasteiger partial charge in [-0.05, 0) is 49.9 Å². The normalized spacial score (nSPS) is 41.0. The van der Waals surface area contributed by atoms with E-state index in [1.807, 2.05) is 6.07 Å². The molecule has 2 heterocycles. The van der Waals surface area contributed by atoms with Gasteiger partial charge in [0.1, 0.15) is 12.2 Å². The number of likely N-dealkylation sites (N-methyl/N-ethyl adjacent to an activating group) is 1. The van der Waals surface area contributed by atoms with Crippen molar-refractivity contribution in [2.24, 2.45) is 17.3 Å². The molecule has 2 aliphatic heterocycles. The molecule has 0 aromatic heterocycles. The molecule has 1 saturated carbocycles. The highest BCUT2D eigenvalue weighted by Gasteiger charge is 2.72. The van der Waals surface area contributed by atoms with Crippen molar-refractivity contribution in [2.75, 3.05) is 33.9 Å². The summed E-state index contributed by atoms with van der Waals surface area (Å²) in [5.74, 6) is 1.61. The molecule has 0 amide bonds. The Kier molecular flexibility index (Phi) is 3.68. The number of hydrogen-bond acceptors (Lipinski definition) is 6. The first-order valence-electron chi connectivity index (χ1n) is 9.93. The molecule has 1 spiro atoms. The quantitative estimate of drug-likeness (QED) is 0.716. The van der Waals surface area contributed by atoms with Crippen LogP contribution in [0.25, 0.3) is 0 Å². The summed E-state index contributed by atoms with van der Waals surface area (Å²) in [5.41, 5.74) is 1.22. The zero-order chi connectivity index (χ0) is 19.1. The van der Waals surface area contributed by atoms with E-state index in [0.717, 1.165) is 25.1 Å². The van der Waals surface area contributed by atoms with Gasteiger partial charge in [-0.1, -0.05) is 13.0 Å². The standard InChI is InChI=1S/C21H29NO5/c1-11-15-13-8-12-4-5-14(26-3)17-16(12)21(15,6-7-22(13)2)19(27-17)18(25)20(11,9-23)10-24/h4-5,11,13,15,18-19,23-25H,6-10H2,1-3H3/t11-,13-,15?,18+,19+,21+/m1/s1. The average Bonchev–Trinajstić information content (AvgIpc) is 3.02. The van der Waals surface area contributed by atoms with E-state index in [1.54, 1.807) is 7.11 Å². The van der Waals surface area contributed by atoms with E-state index < -0.39 is 17.6 Å². The molecule has 6 atom stereocenters. The summed E-state index contributed by atoms with van der Waals surface area (Å²) in [4.78, 5) is 2.41. The summed E-state index contributed by atoms with van der Waals surface area (Å²) in [7, 11) is 3.80. The van der Waals surface area contributed by atoms with Crippen LogP contribution in [0.1, 0.15) is 24.5 Å². The highest BCUT2D eigenvalue weighted by molar-refractivity contribution is 5.61. The first-order valence-corrected chi connectivity index (χ1v) is 9.93. The van der Waals surface area contributed by atoms with Gasteiger partial charge in [0.15, 0.2) is 11.5 Å². The molecule has 4 aliphatic rings. The maximum Gasteiger partial charge on any atom is 0.165 e. The molecule has 2 aliphatic carbocycles. The lowest BCUT2D eigenvalue weighted by Crippen LogP contribution is -2.74. The number of ether oxygens (including phenoxy) is 2. The minimum Gasteiger partial charge on any atom is -0.493 e. The van der Waals surface area contributed by atoms with E-state index in [4.69, 9.17) is 9.47 Å². The molecule has 0 radical (unpaired) electrons. The third kappa shape index (κ3) is 1.81. The smallest absolute Gasteiger partial charge is 0.165 e. The minimum atomic E-state index is -0.970. The van der Waals surface area contributed by atoms with Crippen LogP contribution in [-0.2, 0) is 11.8 Å². The van der Waals surface area contributed by atoms with Crippen molar-refractivity contribution in [2.45, 2.75) is 43.4 Å². The van der Waals surface area contributed by atoms with Crippen molar-refractivity contribution in [1.82, 2.24) is 4.90 Å². The highest BCUT2D eigenvalue weighted by atomic mass is 16.5. The Labute approximate surface area is 159 Å². The van der Waals surface area contributed by atoms with E-state index in [9.17, 15) is 15.3 Å². The lowest BCUT2D eigenvalue weighted by Gasteiger charge is -2.65. The van der Waals surface area contributed by atoms with Crippen LogP contribution in [0.2, 0.25) is 0 Å². The van der Waals surface area contributed by atoms with Crippen LogP contribution in [0.15, 0.2) is 12.1 Å². The summed E-state index contributed by atoms with van der Waals surface area (Å²) in [6.07, 6.45) is 0.403. The first kappa shape index (κ1) is 17.7. The molecular formula is C21H29NO5. The predicted molar refractivity (Wildman–Crippen MR) is 99.1 cm³/mol. The molecule has 6 heteroatoms. The number of hydrogen-bond donors (Lipinski definition) is 3. The Hall–Kier alpha value is -1.34. The molecule has 148 valence electrons. The number of methoxy groups -OCH3 is 1. The third-order valence-electron chi connectivity index (χ3n) is 8.44. The van der Waals surface area contributed by atoms with E-state index in [2.05, 4.69) is 24.9 Å². The minimum absolute atomic E-state index is 0.0413. The molecule has 3 N–H and O–H groups in total. The van der Waals surface area contributed by atoms with Crippen molar-refractivity contribution in [3.63, 3.8) is 0 Å². The van der Waals surface area contributed by atoms with Crippen LogP contribution in [-0.4, -0.2) is 72.4 Å². The van der Waals surface area contributed by atoms with Gasteiger partial charge >= 0.3 is 0 Å². The Balaban J connectivity index is 1.80. The van der Waals surface area contributed by atoms with Crippen LogP contribution < -0.4 is 9.47 Å². The zero-order valence-corrected chi connectivity index (χ0v) is 16.2. The Morgan fingerprint density at radius 1 is 1.30 bits per heavy atom. The molecule has 27 heavy (non-hydrogen) atoms. The van der Waals surface area contributed by atoms with Gasteiger partial charge in [-0.15, -0.1) is 0 Å². The second kappa shape index (κ2) is 5.60. The lowest BCUT2D eigenvalue weighted by molar-refractivity contribution is -0.217. The summed E-state index contributed by atoms with van der Waals surface area (Å²) in [5, 5.41) is 31.9. The van der Waals surface area contributed by atoms with E-state index in [1.165, 1.54) is 11.1 Å². The topological polar surface area (TPSA) is 82.4 Å². The Morgan fingerprint density at radius 2 is 2.04 bits per heavy atom. The molecule has 2 fully saturated rings. The fourth-order valence-electron chi connectivity index (χ4n) is 6.96. The number of piperidine rings is 1. The van der Waals surface area contributed by atoms with Crippen LogP contribution in [0, 0.1) is 17.3 Å². The Morgan fingerprint density at radius 3 is 2.70 bits per heavy atom. The SMILES string of the molecule is COc1ccc2c3c1O[C@H]1[C@H](O)C(CO)(CO)[C@H](C)C4[C@@H](C2)N(C)CC[C@@]341. The number of aliphatic hydroxyl groups is 3. The molecule has 6 nitrogen and oxygen atoms in total. The van der Waals surface area contributed by atoms with Gasteiger partial charge in [0.2, 0.25) is 0 Å². The fraction of sp³-hybridized carbons (Fsp3) is 0.714. The van der Waals surface area contributed by atoms with Crippen molar-refractivity contribution in [3.8, 4) is 11.5 Å². The van der Waals surface area contributed by atoms with Crippen molar-refractivity contribution in [1.29, 1.82) is 0 Å². The van der Waals surface area contributed by atoms with Crippen LogP contribution in [0.3, 0.4) is 0 Å². The number of nitrogens with zero attached hydrogens (tertiary/aromatic N) is 1. The predicted octanol–water partition coefficient (Wildman–Crippen LogP) is 0.552. The number of likely N-dealkylation sites (tertiary alicyclic amines) is 1. The zero-order valence-electron chi connectivity index (χ0n) is 16.2. The van der Waals surface area contributed by atoms with Gasteiger partial charge in [-0.25, -0.2) is 0 Å². The van der Waals surface area contributed by atoms with Gasteiger partial charge in [0.25, 0.3) is 0 Å². The number of aliphatic hydroxyl groups excluding tert-OH is 3. The molecule has 1 saturated heterocycles. The average molecular weight is 375 g/mol. The monoisotopic (exact) mass is 375 g/mol. The maximum atomic E-state index is 11.4. The van der Waals surface area contributed by atoms with Gasteiger partial charge in [0, 0.05) is 22.4 Å². The molecule has 5 rings (SSSR count). The van der Waals surface area contributed by atoms with Crippen LogP contribution >= 0.6 is 0 Å². The second-order valence-corrected chi connectivity index (χ2v) is 9.02. The highest BCUT2D eigenvalue weighted by Crippen LogP contribution is 2.67. The van der Waals surface area contributed by atoms with Crippen LogP contribution in [0.4, 0.5) is 0 Å². The van der Waals surface area contributed by atoms with E-state index in [0.29, 0.717) is 11.8 Å². The largest absolute Gasteiger partial charge is 0.493 e. The Bertz CT molecular complexity index is 778. The third-order valence-corrected chi connectivity index (χ3v) is 8.44. The first-order chi connectivity index (χ1) is 13.0. The van der Waals surface area contributed by atoms with E-state index in [-0.39, 0.29) is 30.5 Å².